The molecule has 0 aromatic rings. The van der Waals surface area contributed by atoms with Crippen molar-refractivity contribution >= 4 is 29.6 Å². The predicted molar refractivity (Wildman–Crippen MR) is 109 cm³/mol. The normalized spacial score (nSPS) is 24.8. The Hall–Kier alpha value is -2.53. The number of hydrogen-bond donors (Lipinski definition) is 1. The summed E-state index contributed by atoms with van der Waals surface area (Å²) >= 11 is 0. The summed E-state index contributed by atoms with van der Waals surface area (Å²) < 4.78 is 27.4. The van der Waals surface area contributed by atoms with Gasteiger partial charge in [0, 0.05) is 47.1 Å². The number of hydrogen-bond acceptors (Lipinski definition) is 10. The topological polar surface area (TPSA) is 144 Å². The fourth-order valence-corrected chi connectivity index (χ4v) is 3.23. The lowest BCUT2D eigenvalue weighted by molar-refractivity contribution is -0.277. The maximum atomic E-state index is 11.8. The Kier molecular flexibility index (Phi) is 11.9. The Morgan fingerprint density at radius 3 is 2.03 bits per heavy atom. The maximum absolute atomic E-state index is 11.8. The summed E-state index contributed by atoms with van der Waals surface area (Å²) in [6.07, 6.45) is -2.34. The van der Waals surface area contributed by atoms with Crippen LogP contribution in [0.15, 0.2) is 0 Å². The van der Waals surface area contributed by atoms with E-state index < -0.39 is 54.5 Å². The van der Waals surface area contributed by atoms with E-state index in [0.29, 0.717) is 25.7 Å². The standard InChI is InChI=1S/C21H33NO10/c1-6-16(27)9-7-8-10-28-21-18(22-12(2)23)20(31-15(5)26)19(30-14(4)25)17(32-21)11-29-13(3)24/h17-21H,6-11H2,1-5H3,(H,22,23)/t17-,18-,19+,20-,21-/m1/s1. The van der Waals surface area contributed by atoms with Gasteiger partial charge in [-0.2, -0.15) is 0 Å². The highest BCUT2D eigenvalue weighted by Gasteiger charge is 2.51. The fourth-order valence-electron chi connectivity index (χ4n) is 3.23. The van der Waals surface area contributed by atoms with Gasteiger partial charge in [0.2, 0.25) is 5.91 Å². The van der Waals surface area contributed by atoms with Crippen molar-refractivity contribution in [3.8, 4) is 0 Å². The van der Waals surface area contributed by atoms with Crippen LogP contribution in [0.25, 0.3) is 0 Å². The minimum absolute atomic E-state index is 0.149. The Bertz CT molecular complexity index is 679. The minimum Gasteiger partial charge on any atom is -0.463 e. The molecule has 1 heterocycles. The van der Waals surface area contributed by atoms with Gasteiger partial charge in [-0.3, -0.25) is 24.0 Å². The number of nitrogens with one attached hydrogen (secondary N) is 1. The van der Waals surface area contributed by atoms with Gasteiger partial charge >= 0.3 is 17.9 Å². The van der Waals surface area contributed by atoms with Crippen molar-refractivity contribution in [1.82, 2.24) is 5.32 Å². The van der Waals surface area contributed by atoms with E-state index in [1.165, 1.54) is 27.7 Å². The quantitative estimate of drug-likeness (QED) is 0.253. The average molecular weight is 459 g/mol. The zero-order valence-corrected chi connectivity index (χ0v) is 19.2. The lowest BCUT2D eigenvalue weighted by atomic mass is 9.96. The van der Waals surface area contributed by atoms with E-state index in [2.05, 4.69) is 5.32 Å². The molecule has 0 bridgehead atoms. The number of carbonyl (C=O) groups is 5. The summed E-state index contributed by atoms with van der Waals surface area (Å²) in [6.45, 7) is 6.52. The van der Waals surface area contributed by atoms with Crippen LogP contribution in [-0.2, 0) is 47.7 Å². The van der Waals surface area contributed by atoms with Gasteiger partial charge in [0.1, 0.15) is 24.5 Å². The SMILES string of the molecule is CCC(=O)CCCCO[C@@H]1O[C@H](COC(C)=O)[C@H](OC(C)=O)[C@H](OC(C)=O)[C@H]1NC(C)=O. The number of rotatable bonds is 12. The van der Waals surface area contributed by atoms with Gasteiger partial charge in [0.05, 0.1) is 0 Å². The Morgan fingerprint density at radius 2 is 1.50 bits per heavy atom. The van der Waals surface area contributed by atoms with Gasteiger partial charge in [-0.05, 0) is 12.8 Å². The van der Waals surface area contributed by atoms with Crippen molar-refractivity contribution in [2.45, 2.75) is 90.9 Å². The van der Waals surface area contributed by atoms with Crippen molar-refractivity contribution in [2.75, 3.05) is 13.2 Å². The van der Waals surface area contributed by atoms with E-state index in [0.717, 1.165) is 0 Å². The third kappa shape index (κ3) is 9.73. The third-order valence-electron chi connectivity index (χ3n) is 4.60. The lowest BCUT2D eigenvalue weighted by Crippen LogP contribution is -2.66. The van der Waals surface area contributed by atoms with E-state index in [9.17, 15) is 24.0 Å². The number of esters is 3. The highest BCUT2D eigenvalue weighted by atomic mass is 16.7. The first kappa shape index (κ1) is 27.5. The molecule has 1 aliphatic heterocycles. The predicted octanol–water partition coefficient (Wildman–Crippen LogP) is 0.809. The molecule has 1 fully saturated rings. The molecular weight excluding hydrogens is 426 g/mol. The van der Waals surface area contributed by atoms with Crippen LogP contribution in [0.5, 0.6) is 0 Å². The molecule has 1 saturated heterocycles. The molecule has 1 N–H and O–H groups in total. The largest absolute Gasteiger partial charge is 0.463 e. The highest BCUT2D eigenvalue weighted by Crippen LogP contribution is 2.28. The monoisotopic (exact) mass is 459 g/mol. The van der Waals surface area contributed by atoms with Gasteiger partial charge in [-0.1, -0.05) is 6.92 Å². The van der Waals surface area contributed by atoms with Crippen molar-refractivity contribution in [3.63, 3.8) is 0 Å². The molecule has 5 atom stereocenters. The van der Waals surface area contributed by atoms with E-state index in [1.54, 1.807) is 6.92 Å². The summed E-state index contributed by atoms with van der Waals surface area (Å²) in [5.41, 5.74) is 0. The molecule has 0 aliphatic carbocycles. The molecule has 0 aromatic heterocycles. The summed E-state index contributed by atoms with van der Waals surface area (Å²) in [6, 6.07) is -0.994. The van der Waals surface area contributed by atoms with E-state index in [4.69, 9.17) is 23.7 Å². The molecule has 11 nitrogen and oxygen atoms in total. The van der Waals surface area contributed by atoms with Crippen molar-refractivity contribution < 1.29 is 47.7 Å². The summed E-state index contributed by atoms with van der Waals surface area (Å²) in [4.78, 5) is 58.0. The van der Waals surface area contributed by atoms with Crippen LogP contribution in [0.2, 0.25) is 0 Å². The van der Waals surface area contributed by atoms with E-state index >= 15 is 0 Å². The van der Waals surface area contributed by atoms with Crippen LogP contribution < -0.4 is 5.32 Å². The lowest BCUT2D eigenvalue weighted by Gasteiger charge is -2.44. The number of Topliss-reactive ketones (excluding diaryl/α,β-unsaturated/α-hetero) is 1. The highest BCUT2D eigenvalue weighted by molar-refractivity contribution is 5.77. The van der Waals surface area contributed by atoms with Gasteiger partial charge in [-0.25, -0.2) is 0 Å². The van der Waals surface area contributed by atoms with Gasteiger partial charge in [0.15, 0.2) is 18.5 Å². The molecular formula is C21H33NO10. The summed E-state index contributed by atoms with van der Waals surface area (Å²) in [7, 11) is 0. The zero-order chi connectivity index (χ0) is 24.3. The molecule has 1 rings (SSSR count). The van der Waals surface area contributed by atoms with Crippen LogP contribution >= 0.6 is 0 Å². The second-order valence-corrected chi connectivity index (χ2v) is 7.44. The second kappa shape index (κ2) is 13.8. The van der Waals surface area contributed by atoms with Crippen LogP contribution in [-0.4, -0.2) is 73.5 Å². The van der Waals surface area contributed by atoms with Crippen LogP contribution in [0.3, 0.4) is 0 Å². The van der Waals surface area contributed by atoms with Crippen LogP contribution in [0, 0.1) is 0 Å². The smallest absolute Gasteiger partial charge is 0.303 e. The minimum atomic E-state index is -1.16. The van der Waals surface area contributed by atoms with E-state index in [-0.39, 0.29) is 19.0 Å². The van der Waals surface area contributed by atoms with Crippen molar-refractivity contribution in [2.24, 2.45) is 0 Å². The zero-order valence-electron chi connectivity index (χ0n) is 19.2. The average Bonchev–Trinajstić information content (AvgIpc) is 2.69. The summed E-state index contributed by atoms with van der Waals surface area (Å²) in [5.74, 6) is -2.23. The molecule has 182 valence electrons. The first-order valence-electron chi connectivity index (χ1n) is 10.6. The Balaban J connectivity index is 3.07. The molecule has 0 radical (unpaired) electrons. The fraction of sp³-hybridized carbons (Fsp3) is 0.762. The molecule has 0 spiro atoms. The maximum Gasteiger partial charge on any atom is 0.303 e. The van der Waals surface area contributed by atoms with E-state index in [1.807, 2.05) is 0 Å². The van der Waals surface area contributed by atoms with Gasteiger partial charge in [-0.15, -0.1) is 0 Å². The molecule has 0 unspecified atom stereocenters. The third-order valence-corrected chi connectivity index (χ3v) is 4.60. The number of unbranched alkanes of at least 4 members (excludes halogenated alkanes) is 1. The Morgan fingerprint density at radius 1 is 0.875 bits per heavy atom. The van der Waals surface area contributed by atoms with Crippen molar-refractivity contribution in [3.05, 3.63) is 0 Å². The molecule has 1 aliphatic rings. The number of ether oxygens (including phenoxy) is 5. The van der Waals surface area contributed by atoms with Crippen molar-refractivity contribution in [1.29, 1.82) is 0 Å². The van der Waals surface area contributed by atoms with Gasteiger partial charge < -0.3 is 29.0 Å². The van der Waals surface area contributed by atoms with Gasteiger partial charge in [0.25, 0.3) is 0 Å². The molecule has 11 heteroatoms. The number of carbonyl (C=O) groups excluding carboxylic acids is 5. The Labute approximate surface area is 187 Å². The molecule has 0 saturated carbocycles. The molecule has 1 amide bonds. The number of ketones is 1. The summed E-state index contributed by atoms with van der Waals surface area (Å²) in [5, 5.41) is 2.62. The number of amides is 1. The second-order valence-electron chi connectivity index (χ2n) is 7.44. The first-order valence-corrected chi connectivity index (χ1v) is 10.6. The molecule has 0 aromatic carbocycles. The van der Waals surface area contributed by atoms with Crippen LogP contribution in [0.4, 0.5) is 0 Å². The molecule has 32 heavy (non-hydrogen) atoms. The first-order chi connectivity index (χ1) is 15.0. The van der Waals surface area contributed by atoms with Crippen LogP contribution in [0.1, 0.15) is 60.3 Å².